The van der Waals surface area contributed by atoms with Crippen LogP contribution in [0.15, 0.2) is 60.6 Å². The average molecular weight is 1030 g/mol. The highest BCUT2D eigenvalue weighted by Crippen LogP contribution is 2.33. The molecule has 1 fully saturated rings. The van der Waals surface area contributed by atoms with Crippen LogP contribution in [0.1, 0.15) is 18.8 Å². The Hall–Kier alpha value is -5.05. The molecule has 0 saturated carbocycles. The topological polar surface area (TPSA) is 171 Å². The van der Waals surface area contributed by atoms with E-state index >= 15 is 0 Å². The molecule has 62 heavy (non-hydrogen) atoms. The molecule has 1 aliphatic rings. The average Bonchev–Trinajstić information content (AvgIpc) is 3.49. The summed E-state index contributed by atoms with van der Waals surface area (Å²) in [7, 11) is 5.96. The van der Waals surface area contributed by atoms with Gasteiger partial charge in [-0.25, -0.2) is 32.5 Å². The number of nitrogens with one attached hydrogen (secondary N) is 2. The number of benzene rings is 2. The molecule has 1 saturated heterocycles. The van der Waals surface area contributed by atoms with Crippen molar-refractivity contribution in [3.8, 4) is 11.4 Å². The minimum atomic E-state index is -4.95. The molecular weight excluding hydrogens is 999 g/mol. The number of thioether (sulfide) groups is 1. The largest absolute Gasteiger partial charge is 0.468 e. The number of amidine groups is 1. The summed E-state index contributed by atoms with van der Waals surface area (Å²) in [5.41, 5.74) is -9.61. The number of hydrogen-bond acceptors (Lipinski definition) is 10. The van der Waals surface area contributed by atoms with Crippen LogP contribution in [0.4, 0.5) is 46.5 Å². The minimum Gasteiger partial charge on any atom is -0.468 e. The Kier molecular flexibility index (Phi) is 18.3. The van der Waals surface area contributed by atoms with Crippen molar-refractivity contribution in [3.63, 3.8) is 0 Å². The fourth-order valence-corrected chi connectivity index (χ4v) is 6.34. The van der Waals surface area contributed by atoms with Gasteiger partial charge in [-0.05, 0) is 36.5 Å². The van der Waals surface area contributed by atoms with E-state index in [1.54, 1.807) is 0 Å². The Labute approximate surface area is 372 Å². The summed E-state index contributed by atoms with van der Waals surface area (Å²) in [6.45, 7) is 0. The van der Waals surface area contributed by atoms with E-state index in [0.29, 0.717) is 0 Å². The summed E-state index contributed by atoms with van der Waals surface area (Å²) in [6.07, 6.45) is -9.87. The molecule has 4 aromatic rings. The number of carbonyl (C=O) groups is 2. The first-order chi connectivity index (χ1) is 28.2. The zero-order valence-electron chi connectivity index (χ0n) is 31.4. The molecule has 0 atom stereocenters. The number of ether oxygens (including phenoxy) is 1. The molecule has 0 radical (unpaired) electrons. The molecule has 0 unspecified atom stereocenters. The second-order valence-electron chi connectivity index (χ2n) is 11.7. The van der Waals surface area contributed by atoms with Crippen molar-refractivity contribution in [1.82, 2.24) is 28.5 Å². The maximum Gasteiger partial charge on any atom is 0.431 e. The SMILES string of the molecule is C.CN1C(=O)CSC1=Nc1cc(-n2c(=O)cc(C(F)(F)F)n(C)c2=O)c(F)cc1Cl.CNC(=S)Nc1cc(-n2c(=O)cc(C(F)(F)F)n(C)c2=O)c(F)cc1Cl.COC(=O)CBr. The molecule has 1 aliphatic heterocycles. The van der Waals surface area contributed by atoms with E-state index in [9.17, 15) is 63.9 Å². The van der Waals surface area contributed by atoms with Gasteiger partial charge in [0.1, 0.15) is 28.4 Å². The van der Waals surface area contributed by atoms with Crippen LogP contribution in [0.2, 0.25) is 10.0 Å². The number of carbonyl (C=O) groups excluding carboxylic acids is 2. The number of halogens is 11. The zero-order chi connectivity index (χ0) is 46.5. The Balaban J connectivity index is 0.000000374. The summed E-state index contributed by atoms with van der Waals surface area (Å²) < 4.78 is 111. The molecule has 0 bridgehead atoms. The number of nitrogens with zero attached hydrogens (tertiary/aromatic N) is 6. The molecule has 15 nitrogen and oxygen atoms in total. The normalized spacial score (nSPS) is 13.1. The van der Waals surface area contributed by atoms with E-state index < -0.39 is 69.2 Å². The van der Waals surface area contributed by atoms with E-state index in [2.05, 4.69) is 36.3 Å². The number of amides is 1. The summed E-state index contributed by atoms with van der Waals surface area (Å²) in [6, 6.07) is 3.94. The van der Waals surface area contributed by atoms with Gasteiger partial charge in [0.15, 0.2) is 10.3 Å². The third-order valence-corrected chi connectivity index (χ3v) is 10.2. The molecule has 2 N–H and O–H groups in total. The van der Waals surface area contributed by atoms with Gasteiger partial charge in [0.25, 0.3) is 11.1 Å². The molecule has 0 aliphatic carbocycles. The van der Waals surface area contributed by atoms with E-state index in [0.717, 1.165) is 50.1 Å². The number of aliphatic imine (C=N–C) groups is 1. The van der Waals surface area contributed by atoms with Crippen molar-refractivity contribution in [2.75, 3.05) is 37.6 Å². The number of esters is 1. The maximum absolute atomic E-state index is 14.5. The Bertz CT molecular complexity index is 2670. The van der Waals surface area contributed by atoms with Crippen LogP contribution in [0, 0.1) is 11.6 Å². The van der Waals surface area contributed by atoms with Gasteiger partial charge in [-0.3, -0.25) is 33.2 Å². The third kappa shape index (κ3) is 12.3. The van der Waals surface area contributed by atoms with Gasteiger partial charge in [-0.15, -0.1) is 0 Å². The van der Waals surface area contributed by atoms with E-state index in [1.165, 1.54) is 26.1 Å². The fourth-order valence-electron chi connectivity index (χ4n) is 4.70. The number of alkyl halides is 7. The Morgan fingerprint density at radius 3 is 1.66 bits per heavy atom. The summed E-state index contributed by atoms with van der Waals surface area (Å²) >= 11 is 20.7. The monoisotopic (exact) mass is 1030 g/mol. The lowest BCUT2D eigenvalue weighted by Gasteiger charge is -2.16. The lowest BCUT2D eigenvalue weighted by molar-refractivity contribution is -0.144. The Morgan fingerprint density at radius 2 is 1.29 bits per heavy atom. The highest BCUT2D eigenvalue weighted by atomic mass is 79.9. The number of aromatic nitrogens is 4. The van der Waals surface area contributed by atoms with E-state index in [4.69, 9.17) is 35.4 Å². The molecule has 28 heteroatoms. The molecule has 0 spiro atoms. The van der Waals surface area contributed by atoms with Crippen LogP contribution in [0.25, 0.3) is 11.4 Å². The molecule has 3 heterocycles. The summed E-state index contributed by atoms with van der Waals surface area (Å²) in [5, 5.41) is 5.54. The van der Waals surface area contributed by atoms with Gasteiger partial charge >= 0.3 is 29.7 Å². The standard InChI is InChI=1S/C16H11ClF4N4O3S.C14H11ClF4N4O2S.C3H5BrO2.CH4/c1-23-11(16(19,20)21)5-12(26)25(15(23)28)10-4-9(7(17)3-8(10)18)22-14-24(2)13(27)6-29-14;1-20-12(26)21-8-4-9(7(16)3-6(8)15)23-11(24)5-10(14(17,18)19)22(2)13(23)25;1-6-3(5)2-4;/h3-5H,6H2,1-2H3;3-5H,1-2H3,(H2,20,21,26);2H2,1H3;1H4. The van der Waals surface area contributed by atoms with E-state index in [1.807, 2.05) is 0 Å². The number of rotatable bonds is 5. The molecule has 1 amide bonds. The van der Waals surface area contributed by atoms with Crippen LogP contribution in [-0.4, -0.2) is 77.6 Å². The van der Waals surface area contributed by atoms with Crippen LogP contribution in [-0.2, 0) is 40.8 Å². The van der Waals surface area contributed by atoms with Crippen molar-refractivity contribution < 1.29 is 49.4 Å². The van der Waals surface area contributed by atoms with Gasteiger partial charge in [-0.1, -0.05) is 58.3 Å². The van der Waals surface area contributed by atoms with Crippen LogP contribution in [0.3, 0.4) is 0 Å². The maximum atomic E-state index is 14.5. The predicted octanol–water partition coefficient (Wildman–Crippen LogP) is 5.99. The molecule has 338 valence electrons. The van der Waals surface area contributed by atoms with E-state index in [-0.39, 0.29) is 92.5 Å². The first-order valence-electron chi connectivity index (χ1n) is 16.1. The quantitative estimate of drug-likeness (QED) is 0.104. The van der Waals surface area contributed by atoms with Crippen molar-refractivity contribution in [1.29, 1.82) is 0 Å². The highest BCUT2D eigenvalue weighted by molar-refractivity contribution is 9.09. The van der Waals surface area contributed by atoms with Crippen molar-refractivity contribution in [3.05, 3.63) is 111 Å². The lowest BCUT2D eigenvalue weighted by atomic mass is 10.2. The molecule has 5 rings (SSSR count). The summed E-state index contributed by atoms with van der Waals surface area (Å²) in [4.78, 5) is 75.8. The predicted molar refractivity (Wildman–Crippen MR) is 225 cm³/mol. The van der Waals surface area contributed by atoms with Crippen molar-refractivity contribution >= 4 is 96.6 Å². The molecule has 2 aromatic carbocycles. The summed E-state index contributed by atoms with van der Waals surface area (Å²) in [5.74, 6) is -2.51. The molecule has 2 aromatic heterocycles. The highest BCUT2D eigenvalue weighted by Gasteiger charge is 2.36. The number of methoxy groups -OCH3 is 1. The zero-order valence-corrected chi connectivity index (χ0v) is 36.1. The smallest absolute Gasteiger partial charge is 0.431 e. The van der Waals surface area contributed by atoms with Crippen LogP contribution >= 0.6 is 63.1 Å². The van der Waals surface area contributed by atoms with Gasteiger partial charge in [0.05, 0.1) is 45.7 Å². The van der Waals surface area contributed by atoms with Crippen LogP contribution in [0.5, 0.6) is 0 Å². The lowest BCUT2D eigenvalue weighted by Crippen LogP contribution is -2.41. The van der Waals surface area contributed by atoms with Crippen molar-refractivity contribution in [2.24, 2.45) is 19.1 Å². The number of hydrogen-bond donors (Lipinski definition) is 2. The minimum absolute atomic E-state index is 0. The van der Waals surface area contributed by atoms with Gasteiger partial charge in [0, 0.05) is 40.3 Å². The number of thiocarbonyl (C=S) groups is 1. The third-order valence-electron chi connectivity index (χ3n) is 7.77. The second-order valence-corrected chi connectivity index (χ2v) is 14.4. The van der Waals surface area contributed by atoms with Gasteiger partial charge < -0.3 is 15.4 Å². The number of anilines is 1. The van der Waals surface area contributed by atoms with Crippen LogP contribution < -0.4 is 33.1 Å². The first kappa shape index (κ1) is 53.1. The van der Waals surface area contributed by atoms with Gasteiger partial charge in [-0.2, -0.15) is 26.3 Å². The Morgan fingerprint density at radius 1 is 0.839 bits per heavy atom. The fraction of sp³-hybridized carbons (Fsp3) is 0.294. The first-order valence-corrected chi connectivity index (χ1v) is 19.4. The second kappa shape index (κ2) is 21.4. The van der Waals surface area contributed by atoms with Gasteiger partial charge in [0.2, 0.25) is 5.91 Å². The molecular formula is C34H31BrCl2F8N8O7S2. The van der Waals surface area contributed by atoms with Crippen molar-refractivity contribution in [2.45, 2.75) is 19.8 Å².